The lowest BCUT2D eigenvalue weighted by Gasteiger charge is -2.18. The van der Waals surface area contributed by atoms with Gasteiger partial charge in [-0.05, 0) is 6.42 Å². The summed E-state index contributed by atoms with van der Waals surface area (Å²) in [6, 6.07) is 0. The number of carbonyl (C=O) groups excluding carboxylic acids is 1. The van der Waals surface area contributed by atoms with Crippen LogP contribution in [0.25, 0.3) is 0 Å². The molecule has 0 heterocycles. The van der Waals surface area contributed by atoms with Crippen molar-refractivity contribution in [3.05, 3.63) is 0 Å². The quantitative estimate of drug-likeness (QED) is 0.332. The van der Waals surface area contributed by atoms with Crippen LogP contribution in [0.4, 0.5) is 0 Å². The number of unbranched alkanes of at least 4 members (excludes halogenated alkanes) is 10. The van der Waals surface area contributed by atoms with Crippen LogP contribution in [-0.2, 0) is 9.59 Å². The monoisotopic (exact) mass is 329 g/mol. The van der Waals surface area contributed by atoms with E-state index in [-0.39, 0.29) is 18.9 Å². The molecule has 0 aromatic rings. The topological polar surface area (TPSA) is 77.8 Å². The van der Waals surface area contributed by atoms with E-state index in [2.05, 4.69) is 6.92 Å². The third-order valence-electron chi connectivity index (χ3n) is 4.11. The number of hydrogen-bond donors (Lipinski definition) is 2. The first-order valence-corrected chi connectivity index (χ1v) is 9.22. The van der Waals surface area contributed by atoms with E-state index in [1.54, 1.807) is 0 Å². The lowest BCUT2D eigenvalue weighted by Crippen LogP contribution is -2.33. The Bertz CT molecular complexity index is 307. The van der Waals surface area contributed by atoms with Gasteiger partial charge in [-0.1, -0.05) is 71.1 Å². The van der Waals surface area contributed by atoms with Gasteiger partial charge in [0.25, 0.3) is 0 Å². The Morgan fingerprint density at radius 3 is 1.70 bits per heavy atom. The summed E-state index contributed by atoms with van der Waals surface area (Å²) < 4.78 is 0. The van der Waals surface area contributed by atoms with Crippen molar-refractivity contribution in [1.29, 1.82) is 0 Å². The first kappa shape index (κ1) is 21.9. The van der Waals surface area contributed by atoms with Crippen LogP contribution >= 0.6 is 0 Å². The molecule has 23 heavy (non-hydrogen) atoms. The smallest absolute Gasteiger partial charge is 0.305 e. The maximum atomic E-state index is 11.8. The summed E-state index contributed by atoms with van der Waals surface area (Å²) in [5.41, 5.74) is 0. The van der Waals surface area contributed by atoms with Crippen LogP contribution in [0.5, 0.6) is 0 Å². The fourth-order valence-electron chi connectivity index (χ4n) is 2.60. The third kappa shape index (κ3) is 14.2. The Hall–Kier alpha value is -1.10. The Kier molecular flexibility index (Phi) is 15.0. The molecule has 0 unspecified atom stereocenters. The van der Waals surface area contributed by atoms with Gasteiger partial charge in [-0.25, -0.2) is 0 Å². The maximum Gasteiger partial charge on any atom is 0.305 e. The number of nitrogens with zero attached hydrogens (tertiary/aromatic N) is 1. The molecule has 5 heteroatoms. The molecule has 0 saturated heterocycles. The maximum absolute atomic E-state index is 11.8. The van der Waals surface area contributed by atoms with Crippen molar-refractivity contribution >= 4 is 11.9 Å². The molecule has 0 fully saturated rings. The number of aliphatic hydroxyl groups excluding tert-OH is 1. The van der Waals surface area contributed by atoms with Crippen molar-refractivity contribution in [3.8, 4) is 0 Å². The molecule has 0 aromatic heterocycles. The first-order chi connectivity index (χ1) is 11.1. The molecule has 5 nitrogen and oxygen atoms in total. The number of amides is 1. The highest BCUT2D eigenvalue weighted by Gasteiger charge is 2.13. The fraction of sp³-hybridized carbons (Fsp3) is 0.889. The van der Waals surface area contributed by atoms with Crippen LogP contribution in [0.3, 0.4) is 0 Å². The Labute approximate surface area is 141 Å². The van der Waals surface area contributed by atoms with Crippen LogP contribution in [0, 0.1) is 0 Å². The molecule has 1 amide bonds. The zero-order valence-electron chi connectivity index (χ0n) is 14.8. The minimum Gasteiger partial charge on any atom is -0.481 e. The van der Waals surface area contributed by atoms with Crippen molar-refractivity contribution in [1.82, 2.24) is 4.90 Å². The van der Waals surface area contributed by atoms with Gasteiger partial charge in [-0.2, -0.15) is 0 Å². The van der Waals surface area contributed by atoms with Crippen molar-refractivity contribution in [2.75, 3.05) is 13.3 Å². The molecular formula is C18H35NO4. The predicted octanol–water partition coefficient (Wildman–Crippen LogP) is 3.94. The van der Waals surface area contributed by atoms with Gasteiger partial charge in [0.15, 0.2) is 0 Å². The average molecular weight is 329 g/mol. The van der Waals surface area contributed by atoms with Crippen molar-refractivity contribution in [2.45, 2.75) is 90.4 Å². The van der Waals surface area contributed by atoms with Crippen LogP contribution in [-0.4, -0.2) is 40.3 Å². The van der Waals surface area contributed by atoms with Gasteiger partial charge < -0.3 is 15.1 Å². The second-order valence-electron chi connectivity index (χ2n) is 6.23. The molecule has 0 radical (unpaired) electrons. The van der Waals surface area contributed by atoms with Gasteiger partial charge in [-0.15, -0.1) is 0 Å². The molecule has 0 saturated carbocycles. The molecule has 0 spiro atoms. The number of carboxylic acids is 1. The zero-order chi connectivity index (χ0) is 17.3. The third-order valence-corrected chi connectivity index (χ3v) is 4.11. The van der Waals surface area contributed by atoms with Crippen LogP contribution < -0.4 is 0 Å². The summed E-state index contributed by atoms with van der Waals surface area (Å²) >= 11 is 0. The number of rotatable bonds is 16. The lowest BCUT2D eigenvalue weighted by molar-refractivity contribution is -0.140. The minimum absolute atomic E-state index is 0.0860. The van der Waals surface area contributed by atoms with Crippen molar-refractivity contribution < 1.29 is 19.8 Å². The predicted molar refractivity (Wildman–Crippen MR) is 92.1 cm³/mol. The zero-order valence-corrected chi connectivity index (χ0v) is 14.8. The van der Waals surface area contributed by atoms with E-state index in [0.29, 0.717) is 6.42 Å². The highest BCUT2D eigenvalue weighted by molar-refractivity contribution is 5.76. The van der Waals surface area contributed by atoms with Gasteiger partial charge in [0, 0.05) is 13.0 Å². The SMILES string of the molecule is CCCCCCCCCCCCCC(=O)N(CO)CCC(=O)O. The summed E-state index contributed by atoms with van der Waals surface area (Å²) in [7, 11) is 0. The fourth-order valence-corrected chi connectivity index (χ4v) is 2.60. The first-order valence-electron chi connectivity index (χ1n) is 9.22. The van der Waals surface area contributed by atoms with E-state index < -0.39 is 12.7 Å². The highest BCUT2D eigenvalue weighted by Crippen LogP contribution is 2.12. The molecule has 0 aliphatic rings. The summed E-state index contributed by atoms with van der Waals surface area (Å²) in [6.45, 7) is 1.92. The average Bonchev–Trinajstić information content (AvgIpc) is 2.53. The second-order valence-corrected chi connectivity index (χ2v) is 6.23. The summed E-state index contributed by atoms with van der Waals surface area (Å²) in [4.78, 5) is 23.5. The van der Waals surface area contributed by atoms with Crippen LogP contribution in [0.15, 0.2) is 0 Å². The van der Waals surface area contributed by atoms with E-state index in [1.807, 2.05) is 0 Å². The molecular weight excluding hydrogens is 294 g/mol. The van der Waals surface area contributed by atoms with E-state index in [4.69, 9.17) is 10.2 Å². The molecule has 136 valence electrons. The van der Waals surface area contributed by atoms with E-state index in [0.717, 1.165) is 19.3 Å². The number of hydrogen-bond acceptors (Lipinski definition) is 3. The number of aliphatic hydroxyl groups is 1. The van der Waals surface area contributed by atoms with E-state index in [9.17, 15) is 9.59 Å². The van der Waals surface area contributed by atoms with Crippen LogP contribution in [0.1, 0.15) is 90.4 Å². The molecule has 0 aliphatic carbocycles. The van der Waals surface area contributed by atoms with Gasteiger partial charge in [-0.3, -0.25) is 9.59 Å². The Balaban J connectivity index is 3.45. The van der Waals surface area contributed by atoms with Crippen molar-refractivity contribution in [2.24, 2.45) is 0 Å². The minimum atomic E-state index is -0.953. The normalized spacial score (nSPS) is 10.7. The number of aliphatic carboxylic acids is 1. The molecule has 0 rings (SSSR count). The van der Waals surface area contributed by atoms with Gasteiger partial charge >= 0.3 is 5.97 Å². The standard InChI is InChI=1S/C18H35NO4/c1-2-3-4-5-6-7-8-9-10-11-12-13-17(21)19(16-20)15-14-18(22)23/h20H,2-16H2,1H3,(H,22,23). The van der Waals surface area contributed by atoms with E-state index >= 15 is 0 Å². The highest BCUT2D eigenvalue weighted by atomic mass is 16.4. The van der Waals surface area contributed by atoms with Crippen molar-refractivity contribution in [3.63, 3.8) is 0 Å². The summed E-state index contributed by atoms with van der Waals surface area (Å²) in [5, 5.41) is 17.7. The van der Waals surface area contributed by atoms with Crippen LogP contribution in [0.2, 0.25) is 0 Å². The molecule has 0 atom stereocenters. The van der Waals surface area contributed by atoms with Gasteiger partial charge in [0.05, 0.1) is 6.42 Å². The lowest BCUT2D eigenvalue weighted by atomic mass is 10.1. The number of carboxylic acid groups (broad SMARTS) is 1. The van der Waals surface area contributed by atoms with E-state index in [1.165, 1.54) is 56.3 Å². The Morgan fingerprint density at radius 2 is 1.26 bits per heavy atom. The summed E-state index contributed by atoms with van der Waals surface area (Å²) in [5.74, 6) is -1.10. The molecule has 0 aliphatic heterocycles. The second kappa shape index (κ2) is 15.8. The van der Waals surface area contributed by atoms with Gasteiger partial charge in [0.1, 0.15) is 6.73 Å². The largest absolute Gasteiger partial charge is 0.481 e. The Morgan fingerprint density at radius 1 is 0.783 bits per heavy atom. The molecule has 2 N–H and O–H groups in total. The summed E-state index contributed by atoms with van der Waals surface area (Å²) in [6.07, 6.45) is 13.8. The number of carbonyl (C=O) groups is 2. The molecule has 0 aromatic carbocycles. The molecule has 0 bridgehead atoms. The van der Waals surface area contributed by atoms with Gasteiger partial charge in [0.2, 0.25) is 5.91 Å².